The van der Waals surface area contributed by atoms with Crippen molar-refractivity contribution in [1.82, 2.24) is 4.98 Å². The van der Waals surface area contributed by atoms with Crippen LogP contribution in [0.2, 0.25) is 0 Å². The monoisotopic (exact) mass is 194 g/mol. The molecule has 3 nitrogen and oxygen atoms in total. The van der Waals surface area contributed by atoms with E-state index in [2.05, 4.69) is 4.98 Å². The minimum Gasteiger partial charge on any atom is -0.439 e. The van der Waals surface area contributed by atoms with E-state index in [0.717, 1.165) is 0 Å². The van der Waals surface area contributed by atoms with Crippen LogP contribution in [0.15, 0.2) is 22.6 Å². The second kappa shape index (κ2) is 2.78. The van der Waals surface area contributed by atoms with Crippen molar-refractivity contribution in [2.45, 2.75) is 19.4 Å². The van der Waals surface area contributed by atoms with Gasteiger partial charge in [-0.15, -0.1) is 0 Å². The molecule has 1 heterocycles. The average molecular weight is 194 g/mol. The number of hydrogen-bond donors (Lipinski definition) is 1. The highest BCUT2D eigenvalue weighted by Crippen LogP contribution is 2.22. The van der Waals surface area contributed by atoms with Gasteiger partial charge < -0.3 is 10.2 Å². The van der Waals surface area contributed by atoms with Crippen molar-refractivity contribution in [2.75, 3.05) is 0 Å². The third kappa shape index (κ3) is 1.48. The zero-order valence-electron chi connectivity index (χ0n) is 8.04. The fourth-order valence-electron chi connectivity index (χ4n) is 1.18. The molecule has 2 N–H and O–H groups in total. The number of benzene rings is 1. The highest BCUT2D eigenvalue weighted by Gasteiger charge is 2.21. The van der Waals surface area contributed by atoms with Crippen LogP contribution in [0.25, 0.3) is 11.1 Å². The lowest BCUT2D eigenvalue weighted by Crippen LogP contribution is -2.28. The molecule has 2 rings (SSSR count). The molecule has 0 aliphatic carbocycles. The second-order valence-corrected chi connectivity index (χ2v) is 3.85. The van der Waals surface area contributed by atoms with Crippen molar-refractivity contribution in [2.24, 2.45) is 5.73 Å². The van der Waals surface area contributed by atoms with E-state index < -0.39 is 5.54 Å². The highest BCUT2D eigenvalue weighted by molar-refractivity contribution is 5.72. The molecule has 0 fully saturated rings. The molecule has 74 valence electrons. The number of aromatic nitrogens is 1. The average Bonchev–Trinajstić information content (AvgIpc) is 2.45. The maximum Gasteiger partial charge on any atom is 0.215 e. The van der Waals surface area contributed by atoms with E-state index in [1.54, 1.807) is 19.9 Å². The summed E-state index contributed by atoms with van der Waals surface area (Å²) < 4.78 is 18.2. The van der Waals surface area contributed by atoms with Gasteiger partial charge in [0, 0.05) is 6.07 Å². The van der Waals surface area contributed by atoms with Gasteiger partial charge in [-0.05, 0) is 26.0 Å². The molecule has 0 spiro atoms. The van der Waals surface area contributed by atoms with Crippen LogP contribution < -0.4 is 5.73 Å². The van der Waals surface area contributed by atoms with Crippen molar-refractivity contribution in [1.29, 1.82) is 0 Å². The molecule has 1 aromatic carbocycles. The van der Waals surface area contributed by atoms with Crippen LogP contribution in [-0.4, -0.2) is 4.98 Å². The van der Waals surface area contributed by atoms with Crippen molar-refractivity contribution in [3.8, 4) is 0 Å². The Morgan fingerprint density at radius 3 is 2.79 bits per heavy atom. The van der Waals surface area contributed by atoms with Gasteiger partial charge in [0.15, 0.2) is 5.58 Å². The number of oxazole rings is 1. The van der Waals surface area contributed by atoms with Gasteiger partial charge in [-0.3, -0.25) is 0 Å². The molecule has 0 unspecified atom stereocenters. The third-order valence-electron chi connectivity index (χ3n) is 1.90. The van der Waals surface area contributed by atoms with Crippen LogP contribution in [0.1, 0.15) is 19.7 Å². The normalized spacial score (nSPS) is 12.3. The van der Waals surface area contributed by atoms with Crippen LogP contribution in [0.3, 0.4) is 0 Å². The third-order valence-corrected chi connectivity index (χ3v) is 1.90. The van der Waals surface area contributed by atoms with Crippen molar-refractivity contribution >= 4 is 11.1 Å². The molecule has 0 bridgehead atoms. The van der Waals surface area contributed by atoms with Gasteiger partial charge in [0.2, 0.25) is 5.89 Å². The Kier molecular flexibility index (Phi) is 1.82. The molecule has 0 saturated heterocycles. The minimum absolute atomic E-state index is 0.327. The Labute approximate surface area is 80.7 Å². The highest BCUT2D eigenvalue weighted by atomic mass is 19.1. The first-order valence-corrected chi connectivity index (χ1v) is 4.32. The summed E-state index contributed by atoms with van der Waals surface area (Å²) in [5.74, 6) is 0.0882. The van der Waals surface area contributed by atoms with E-state index in [1.165, 1.54) is 12.1 Å². The summed E-state index contributed by atoms with van der Waals surface area (Å²) >= 11 is 0. The molecule has 0 radical (unpaired) electrons. The van der Waals surface area contributed by atoms with Gasteiger partial charge in [-0.25, -0.2) is 9.37 Å². The Balaban J connectivity index is 2.63. The van der Waals surface area contributed by atoms with E-state index in [9.17, 15) is 4.39 Å². The van der Waals surface area contributed by atoms with Crippen LogP contribution in [0, 0.1) is 5.82 Å². The van der Waals surface area contributed by atoms with E-state index in [1.807, 2.05) is 0 Å². The van der Waals surface area contributed by atoms with E-state index >= 15 is 0 Å². The molecular weight excluding hydrogens is 183 g/mol. The predicted molar refractivity (Wildman–Crippen MR) is 51.2 cm³/mol. The number of hydrogen-bond acceptors (Lipinski definition) is 3. The van der Waals surface area contributed by atoms with Crippen LogP contribution >= 0.6 is 0 Å². The first-order chi connectivity index (χ1) is 6.47. The van der Waals surface area contributed by atoms with Crippen molar-refractivity contribution < 1.29 is 8.81 Å². The van der Waals surface area contributed by atoms with Crippen molar-refractivity contribution in [3.05, 3.63) is 29.9 Å². The Bertz CT molecular complexity index is 470. The summed E-state index contributed by atoms with van der Waals surface area (Å²) in [6.07, 6.45) is 0. The first kappa shape index (κ1) is 9.15. The summed E-state index contributed by atoms with van der Waals surface area (Å²) in [6, 6.07) is 4.21. The standard InChI is InChI=1S/C10H11FN2O/c1-10(2,12)9-13-7-5-6(11)3-4-8(7)14-9/h3-5H,12H2,1-2H3. The number of nitrogens with zero attached hydrogens (tertiary/aromatic N) is 1. The first-order valence-electron chi connectivity index (χ1n) is 4.32. The summed E-state index contributed by atoms with van der Waals surface area (Å²) in [7, 11) is 0. The molecule has 0 amide bonds. The fraction of sp³-hybridized carbons (Fsp3) is 0.300. The number of halogens is 1. The SMILES string of the molecule is CC(C)(N)c1nc2cc(F)ccc2o1. The lowest BCUT2D eigenvalue weighted by molar-refractivity contribution is 0.394. The van der Waals surface area contributed by atoms with Crippen LogP contribution in [0.5, 0.6) is 0 Å². The van der Waals surface area contributed by atoms with E-state index in [4.69, 9.17) is 10.2 Å². The Morgan fingerprint density at radius 1 is 1.43 bits per heavy atom. The molecule has 0 aliphatic rings. The van der Waals surface area contributed by atoms with Gasteiger partial charge in [0.1, 0.15) is 11.3 Å². The quantitative estimate of drug-likeness (QED) is 0.756. The maximum absolute atomic E-state index is 12.8. The van der Waals surface area contributed by atoms with Gasteiger partial charge >= 0.3 is 0 Å². The summed E-state index contributed by atoms with van der Waals surface area (Å²) in [6.45, 7) is 3.57. The largest absolute Gasteiger partial charge is 0.439 e. The molecule has 0 atom stereocenters. The lowest BCUT2D eigenvalue weighted by Gasteiger charge is -2.11. The molecule has 14 heavy (non-hydrogen) atoms. The summed E-state index contributed by atoms with van der Waals surface area (Å²) in [4.78, 5) is 4.11. The number of fused-ring (bicyclic) bond motifs is 1. The zero-order chi connectivity index (χ0) is 10.3. The Morgan fingerprint density at radius 2 is 2.14 bits per heavy atom. The van der Waals surface area contributed by atoms with Crippen molar-refractivity contribution in [3.63, 3.8) is 0 Å². The smallest absolute Gasteiger partial charge is 0.215 e. The minimum atomic E-state index is -0.643. The van der Waals surface area contributed by atoms with Gasteiger partial charge in [0.05, 0.1) is 5.54 Å². The van der Waals surface area contributed by atoms with Crippen LogP contribution in [-0.2, 0) is 5.54 Å². The molecule has 2 aromatic rings. The molecule has 0 saturated carbocycles. The van der Waals surface area contributed by atoms with E-state index in [-0.39, 0.29) is 5.82 Å². The van der Waals surface area contributed by atoms with Gasteiger partial charge in [-0.2, -0.15) is 0 Å². The van der Waals surface area contributed by atoms with Gasteiger partial charge in [0.25, 0.3) is 0 Å². The fourth-order valence-corrected chi connectivity index (χ4v) is 1.18. The molecule has 0 aliphatic heterocycles. The molecule has 4 heteroatoms. The Hall–Kier alpha value is -1.42. The summed E-state index contributed by atoms with van der Waals surface area (Å²) in [5.41, 5.74) is 6.22. The second-order valence-electron chi connectivity index (χ2n) is 3.85. The number of rotatable bonds is 1. The predicted octanol–water partition coefficient (Wildman–Crippen LogP) is 2.16. The summed E-state index contributed by atoms with van der Waals surface area (Å²) in [5, 5.41) is 0. The maximum atomic E-state index is 12.8. The lowest BCUT2D eigenvalue weighted by atomic mass is 10.1. The van der Waals surface area contributed by atoms with E-state index in [0.29, 0.717) is 17.0 Å². The van der Waals surface area contributed by atoms with Crippen LogP contribution in [0.4, 0.5) is 4.39 Å². The number of nitrogens with two attached hydrogens (primary N) is 1. The molecular formula is C10H11FN2O. The molecule has 1 aromatic heterocycles. The van der Waals surface area contributed by atoms with Gasteiger partial charge in [-0.1, -0.05) is 0 Å². The topological polar surface area (TPSA) is 52.0 Å². The zero-order valence-corrected chi connectivity index (χ0v) is 8.04.